The van der Waals surface area contributed by atoms with E-state index in [2.05, 4.69) is 78.6 Å². The molecule has 2 aliphatic rings. The summed E-state index contributed by atoms with van der Waals surface area (Å²) in [6, 6.07) is 27.3. The Morgan fingerprint density at radius 2 is 1.29 bits per heavy atom. The lowest BCUT2D eigenvalue weighted by molar-refractivity contribution is 0.886. The van der Waals surface area contributed by atoms with Crippen molar-refractivity contribution in [3.05, 3.63) is 83.9 Å². The van der Waals surface area contributed by atoms with E-state index in [-0.39, 0.29) is 7.55 Å². The van der Waals surface area contributed by atoms with Gasteiger partial charge in [0.05, 0.1) is 0 Å². The Morgan fingerprint density at radius 1 is 0.643 bits per heavy atom. The van der Waals surface area contributed by atoms with Gasteiger partial charge in [-0.05, 0) is 58.9 Å². The van der Waals surface area contributed by atoms with Crippen molar-refractivity contribution < 1.29 is 0 Å². The van der Waals surface area contributed by atoms with Crippen molar-refractivity contribution in [3.8, 4) is 11.1 Å². The molecule has 0 bridgehead atoms. The summed E-state index contributed by atoms with van der Waals surface area (Å²) >= 11 is 0. The average Bonchev–Trinajstić information content (AvgIpc) is 3.22. The van der Waals surface area contributed by atoms with Crippen LogP contribution in [0.4, 0.5) is 0 Å². The van der Waals surface area contributed by atoms with Crippen LogP contribution in [0.3, 0.4) is 0 Å². The lowest BCUT2D eigenvalue weighted by atomic mass is 9.88. The third-order valence-corrected chi connectivity index (χ3v) is 9.45. The van der Waals surface area contributed by atoms with Crippen molar-refractivity contribution in [2.45, 2.75) is 37.5 Å². The Bertz CT molecular complexity index is 1240. The zero-order valence-corrected chi connectivity index (χ0v) is 17.0. The SMILES string of the molecule is C1=[P+](C2CCCC2)Cc2ccc3ccccc3c2-c2c1ccc1ccccc21. The molecule has 1 heterocycles. The van der Waals surface area contributed by atoms with Crippen LogP contribution in [-0.4, -0.2) is 11.5 Å². The molecule has 0 nitrogen and oxygen atoms in total. The first-order valence-electron chi connectivity index (χ1n) is 10.5. The summed E-state index contributed by atoms with van der Waals surface area (Å²) in [6.45, 7) is 0. The third-order valence-electron chi connectivity index (χ3n) is 6.68. The predicted molar refractivity (Wildman–Crippen MR) is 125 cm³/mol. The molecule has 1 aliphatic heterocycles. The van der Waals surface area contributed by atoms with Crippen LogP contribution < -0.4 is 0 Å². The van der Waals surface area contributed by atoms with E-state index in [1.165, 1.54) is 70.1 Å². The molecule has 1 aliphatic carbocycles. The van der Waals surface area contributed by atoms with Gasteiger partial charge >= 0.3 is 0 Å². The van der Waals surface area contributed by atoms with E-state index in [1.54, 1.807) is 5.56 Å². The van der Waals surface area contributed by atoms with Crippen LogP contribution in [0.25, 0.3) is 32.7 Å². The van der Waals surface area contributed by atoms with Gasteiger partial charge in [-0.1, -0.05) is 66.7 Å². The van der Waals surface area contributed by atoms with Crippen molar-refractivity contribution in [2.24, 2.45) is 0 Å². The fourth-order valence-corrected chi connectivity index (χ4v) is 8.13. The molecule has 6 rings (SSSR count). The molecule has 28 heavy (non-hydrogen) atoms. The number of fused-ring (bicyclic) bond motifs is 7. The van der Waals surface area contributed by atoms with Gasteiger partial charge in [-0.3, -0.25) is 0 Å². The maximum Gasteiger partial charge on any atom is 0.132 e. The Balaban J connectivity index is 1.73. The highest BCUT2D eigenvalue weighted by Crippen LogP contribution is 2.50. The van der Waals surface area contributed by atoms with Gasteiger partial charge in [0.1, 0.15) is 25.2 Å². The molecule has 136 valence electrons. The van der Waals surface area contributed by atoms with Crippen LogP contribution in [0.1, 0.15) is 36.8 Å². The molecule has 0 amide bonds. The summed E-state index contributed by atoms with van der Waals surface area (Å²) in [6.07, 6.45) is 6.93. The highest BCUT2D eigenvalue weighted by Gasteiger charge is 2.32. The maximum absolute atomic E-state index is 2.68. The molecule has 1 fully saturated rings. The summed E-state index contributed by atoms with van der Waals surface area (Å²) in [5.41, 5.74) is 6.89. The first kappa shape index (κ1) is 16.5. The molecular formula is C27H24P+. The van der Waals surface area contributed by atoms with Crippen molar-refractivity contribution >= 4 is 34.9 Å². The van der Waals surface area contributed by atoms with Gasteiger partial charge in [-0.2, -0.15) is 0 Å². The van der Waals surface area contributed by atoms with E-state index < -0.39 is 0 Å². The quantitative estimate of drug-likeness (QED) is 0.297. The Hall–Kier alpha value is -2.43. The van der Waals surface area contributed by atoms with E-state index in [4.69, 9.17) is 0 Å². The highest BCUT2D eigenvalue weighted by molar-refractivity contribution is 7.57. The number of benzene rings is 4. The van der Waals surface area contributed by atoms with Gasteiger partial charge in [0, 0.05) is 16.7 Å². The molecule has 1 heteroatoms. The number of rotatable bonds is 1. The molecule has 1 saturated carbocycles. The van der Waals surface area contributed by atoms with Gasteiger partial charge in [0.25, 0.3) is 0 Å². The smallest absolute Gasteiger partial charge is 0.0616 e. The van der Waals surface area contributed by atoms with Gasteiger partial charge in [-0.25, -0.2) is 0 Å². The molecule has 0 spiro atoms. The topological polar surface area (TPSA) is 0 Å². The van der Waals surface area contributed by atoms with Gasteiger partial charge in [0.2, 0.25) is 0 Å². The van der Waals surface area contributed by atoms with Crippen LogP contribution in [0, 0.1) is 0 Å². The fraction of sp³-hybridized carbons (Fsp3) is 0.222. The zero-order chi connectivity index (χ0) is 18.5. The fourth-order valence-electron chi connectivity index (χ4n) is 5.31. The van der Waals surface area contributed by atoms with Crippen molar-refractivity contribution in [1.82, 2.24) is 0 Å². The largest absolute Gasteiger partial charge is 0.132 e. The Morgan fingerprint density at radius 3 is 2.04 bits per heavy atom. The summed E-state index contributed by atoms with van der Waals surface area (Å²) in [5.74, 6) is 2.68. The van der Waals surface area contributed by atoms with Gasteiger partial charge < -0.3 is 0 Å². The Labute approximate surface area is 167 Å². The minimum absolute atomic E-state index is 0.108. The van der Waals surface area contributed by atoms with Crippen molar-refractivity contribution in [1.29, 1.82) is 0 Å². The Kier molecular flexibility index (Phi) is 3.88. The minimum Gasteiger partial charge on any atom is -0.0616 e. The molecule has 0 aromatic heterocycles. The zero-order valence-electron chi connectivity index (χ0n) is 16.1. The standard InChI is InChI=1S/C27H24P/c1-5-11-24-19(7-1)13-15-21-17-28(23-9-3-4-10-23)18-22-16-14-20-8-2-6-12-25(20)27(22)26(21)24/h1-2,5-8,11-17,23H,3-4,9-10,18H2/q+1. The van der Waals surface area contributed by atoms with Crippen LogP contribution >= 0.6 is 7.55 Å². The van der Waals surface area contributed by atoms with Crippen LogP contribution in [0.5, 0.6) is 0 Å². The van der Waals surface area contributed by atoms with Crippen LogP contribution in [-0.2, 0) is 6.16 Å². The van der Waals surface area contributed by atoms with E-state index >= 15 is 0 Å². The molecular weight excluding hydrogens is 355 g/mol. The summed E-state index contributed by atoms with van der Waals surface area (Å²) in [7, 11) is -0.108. The average molecular weight is 379 g/mol. The normalized spacial score (nSPS) is 17.9. The summed E-state index contributed by atoms with van der Waals surface area (Å²) in [5, 5.41) is 5.51. The second-order valence-electron chi connectivity index (χ2n) is 8.31. The van der Waals surface area contributed by atoms with Crippen molar-refractivity contribution in [3.63, 3.8) is 0 Å². The molecule has 4 aromatic carbocycles. The van der Waals surface area contributed by atoms with E-state index in [0.29, 0.717) is 0 Å². The van der Waals surface area contributed by atoms with Crippen LogP contribution in [0.2, 0.25) is 0 Å². The number of hydrogen-bond donors (Lipinski definition) is 0. The minimum atomic E-state index is -0.108. The lowest BCUT2D eigenvalue weighted by Crippen LogP contribution is -1.97. The molecule has 1 unspecified atom stereocenters. The third kappa shape index (κ3) is 2.55. The summed E-state index contributed by atoms with van der Waals surface area (Å²) < 4.78 is 0. The second-order valence-corrected chi connectivity index (χ2v) is 10.6. The molecule has 0 saturated heterocycles. The van der Waals surface area contributed by atoms with E-state index in [1.807, 2.05) is 0 Å². The van der Waals surface area contributed by atoms with Crippen LogP contribution in [0.15, 0.2) is 72.8 Å². The summed E-state index contributed by atoms with van der Waals surface area (Å²) in [4.78, 5) is 0. The predicted octanol–water partition coefficient (Wildman–Crippen LogP) is 7.75. The van der Waals surface area contributed by atoms with Gasteiger partial charge in [0.15, 0.2) is 0 Å². The molecule has 0 N–H and O–H groups in total. The maximum atomic E-state index is 2.68. The lowest BCUT2D eigenvalue weighted by Gasteiger charge is -2.14. The monoisotopic (exact) mass is 379 g/mol. The van der Waals surface area contributed by atoms with E-state index in [9.17, 15) is 0 Å². The highest BCUT2D eigenvalue weighted by atomic mass is 31.1. The molecule has 0 radical (unpaired) electrons. The molecule has 1 atom stereocenters. The molecule has 4 aromatic rings. The van der Waals surface area contributed by atoms with Crippen molar-refractivity contribution in [2.75, 3.05) is 0 Å². The van der Waals surface area contributed by atoms with E-state index in [0.717, 1.165) is 5.66 Å². The second kappa shape index (κ2) is 6.57. The first-order chi connectivity index (χ1) is 13.9. The number of hydrogen-bond acceptors (Lipinski definition) is 0. The van der Waals surface area contributed by atoms with Gasteiger partial charge in [-0.15, -0.1) is 0 Å². The first-order valence-corrected chi connectivity index (χ1v) is 12.2.